The Morgan fingerprint density at radius 2 is 1.81 bits per heavy atom. The van der Waals surface area contributed by atoms with Crippen LogP contribution in [0.5, 0.6) is 0 Å². The Labute approximate surface area is 189 Å². The predicted molar refractivity (Wildman–Crippen MR) is 127 cm³/mol. The maximum Gasteiger partial charge on any atom is 0.205 e. The molecule has 9 nitrogen and oxygen atoms in total. The number of likely N-dealkylation sites (N-methyl/N-ethyl adjacent to an activating group) is 1. The number of piperazine rings is 2. The van der Waals surface area contributed by atoms with Crippen molar-refractivity contribution in [3.05, 3.63) is 29.7 Å². The first kappa shape index (κ1) is 21.8. The van der Waals surface area contributed by atoms with Crippen molar-refractivity contribution in [3.8, 4) is 0 Å². The third kappa shape index (κ3) is 5.43. The van der Waals surface area contributed by atoms with E-state index in [1.165, 1.54) is 17.1 Å². The third-order valence-corrected chi connectivity index (χ3v) is 6.74. The fourth-order valence-corrected chi connectivity index (χ4v) is 4.68. The van der Waals surface area contributed by atoms with Gasteiger partial charge in [0.2, 0.25) is 5.13 Å². The lowest BCUT2D eigenvalue weighted by molar-refractivity contribution is 0.312. The van der Waals surface area contributed by atoms with Crippen molar-refractivity contribution in [3.63, 3.8) is 0 Å². The highest BCUT2D eigenvalue weighted by atomic mass is 32.1. The Hall–Kier alpha value is -2.46. The molecular formula is C21H33N9S. The first-order valence-electron chi connectivity index (χ1n) is 11.1. The number of hydrogen-bond acceptors (Lipinski definition) is 8. The van der Waals surface area contributed by atoms with E-state index in [1.54, 1.807) is 0 Å². The van der Waals surface area contributed by atoms with Crippen molar-refractivity contribution in [2.75, 3.05) is 76.3 Å². The summed E-state index contributed by atoms with van der Waals surface area (Å²) in [5.74, 6) is 2.95. The Bertz CT molecular complexity index is 850. The van der Waals surface area contributed by atoms with Gasteiger partial charge in [0.1, 0.15) is 11.6 Å². The fraction of sp³-hybridized carbons (Fsp3) is 0.619. The van der Waals surface area contributed by atoms with Crippen LogP contribution >= 0.6 is 11.5 Å². The number of pyridine rings is 1. The molecular weight excluding hydrogens is 410 g/mol. The van der Waals surface area contributed by atoms with E-state index in [4.69, 9.17) is 4.98 Å². The molecule has 168 valence electrons. The van der Waals surface area contributed by atoms with Gasteiger partial charge in [0.25, 0.3) is 0 Å². The molecule has 1 N–H and O–H groups in total. The molecule has 2 aromatic heterocycles. The first-order chi connectivity index (χ1) is 15.2. The molecule has 0 atom stereocenters. The number of hydrogen-bond donors (Lipinski definition) is 1. The quantitative estimate of drug-likeness (QED) is 0.545. The van der Waals surface area contributed by atoms with Crippen LogP contribution in [0, 0.1) is 0 Å². The van der Waals surface area contributed by atoms with Gasteiger partial charge < -0.3 is 24.9 Å². The number of anilines is 2. The van der Waals surface area contributed by atoms with Crippen molar-refractivity contribution >= 4 is 28.4 Å². The zero-order valence-corrected chi connectivity index (χ0v) is 19.6. The molecule has 0 aliphatic carbocycles. The molecule has 2 aromatic rings. The number of aryl methyl sites for hydroxylation is 1. The summed E-state index contributed by atoms with van der Waals surface area (Å²) in [6, 6.07) is 4.30. The minimum absolute atomic E-state index is 0.721. The highest BCUT2D eigenvalue weighted by Crippen LogP contribution is 2.19. The molecule has 0 aromatic carbocycles. The van der Waals surface area contributed by atoms with E-state index < -0.39 is 0 Å². The second-order valence-electron chi connectivity index (χ2n) is 8.04. The molecule has 0 unspecified atom stereocenters. The van der Waals surface area contributed by atoms with Gasteiger partial charge in [-0.1, -0.05) is 13.0 Å². The number of aromatic nitrogens is 3. The topological polar surface area (TPSA) is 76.0 Å². The van der Waals surface area contributed by atoms with Crippen molar-refractivity contribution < 1.29 is 0 Å². The van der Waals surface area contributed by atoms with E-state index in [2.05, 4.69) is 65.4 Å². The smallest absolute Gasteiger partial charge is 0.205 e. The van der Waals surface area contributed by atoms with Gasteiger partial charge in [-0.05, 0) is 18.7 Å². The summed E-state index contributed by atoms with van der Waals surface area (Å²) in [5.41, 5.74) is 1.17. The molecule has 10 heteroatoms. The summed E-state index contributed by atoms with van der Waals surface area (Å²) in [6.45, 7) is 10.8. The van der Waals surface area contributed by atoms with E-state index in [-0.39, 0.29) is 0 Å². The summed E-state index contributed by atoms with van der Waals surface area (Å²) >= 11 is 1.50. The van der Waals surface area contributed by atoms with Gasteiger partial charge in [-0.15, -0.1) is 0 Å². The summed E-state index contributed by atoms with van der Waals surface area (Å²) in [6.07, 6.45) is 2.87. The molecule has 0 spiro atoms. The maximum absolute atomic E-state index is 4.69. The van der Waals surface area contributed by atoms with E-state index in [0.717, 1.165) is 88.1 Å². The molecule has 2 saturated heterocycles. The largest absolute Gasteiger partial charge is 0.354 e. The third-order valence-electron chi connectivity index (χ3n) is 5.92. The Kier molecular flexibility index (Phi) is 7.18. The molecule has 2 fully saturated rings. The lowest BCUT2D eigenvalue weighted by Crippen LogP contribution is -2.52. The maximum atomic E-state index is 4.69. The number of guanidine groups is 1. The monoisotopic (exact) mass is 443 g/mol. The SMILES string of the molecule is CCc1nsc(N2CCN(C(=NC)NCc3ccc(N4CCN(C)CC4)nc3)CC2)n1. The Morgan fingerprint density at radius 1 is 1.06 bits per heavy atom. The zero-order chi connectivity index (χ0) is 21.6. The van der Waals surface area contributed by atoms with Crippen molar-refractivity contribution in [1.82, 2.24) is 29.5 Å². The van der Waals surface area contributed by atoms with Crippen LogP contribution in [0.25, 0.3) is 0 Å². The lowest BCUT2D eigenvalue weighted by Gasteiger charge is -2.36. The molecule has 4 heterocycles. The fourth-order valence-electron chi connectivity index (χ4n) is 3.88. The highest BCUT2D eigenvalue weighted by molar-refractivity contribution is 7.09. The molecule has 0 saturated carbocycles. The second kappa shape index (κ2) is 10.2. The van der Waals surface area contributed by atoms with Crippen LogP contribution < -0.4 is 15.1 Å². The van der Waals surface area contributed by atoms with Crippen LogP contribution in [0.1, 0.15) is 18.3 Å². The molecule has 2 aliphatic rings. The van der Waals surface area contributed by atoms with Crippen LogP contribution in [0.3, 0.4) is 0 Å². The number of aliphatic imine (C=N–C) groups is 1. The molecule has 4 rings (SSSR count). The summed E-state index contributed by atoms with van der Waals surface area (Å²) < 4.78 is 4.41. The lowest BCUT2D eigenvalue weighted by atomic mass is 10.2. The van der Waals surface area contributed by atoms with Gasteiger partial charge in [-0.25, -0.2) is 9.97 Å². The Morgan fingerprint density at radius 3 is 2.42 bits per heavy atom. The highest BCUT2D eigenvalue weighted by Gasteiger charge is 2.22. The average molecular weight is 444 g/mol. The summed E-state index contributed by atoms with van der Waals surface area (Å²) in [5, 5.41) is 4.53. The molecule has 0 radical (unpaired) electrons. The molecule has 2 aliphatic heterocycles. The summed E-state index contributed by atoms with van der Waals surface area (Å²) in [7, 11) is 4.02. The van der Waals surface area contributed by atoms with E-state index >= 15 is 0 Å². The van der Waals surface area contributed by atoms with E-state index in [9.17, 15) is 0 Å². The normalized spacial score (nSPS) is 18.5. The van der Waals surface area contributed by atoms with Crippen LogP contribution in [-0.2, 0) is 13.0 Å². The van der Waals surface area contributed by atoms with Gasteiger partial charge in [-0.3, -0.25) is 4.99 Å². The standard InChI is InChI=1S/C21H33N9S/c1-4-18-25-21(31-26-18)30-13-11-29(12-14-30)20(22-2)24-16-17-5-6-19(23-15-17)28-9-7-27(3)8-10-28/h5-6,15H,4,7-14,16H2,1-3H3,(H,22,24). The van der Waals surface area contributed by atoms with Crippen molar-refractivity contribution in [2.24, 2.45) is 4.99 Å². The second-order valence-corrected chi connectivity index (χ2v) is 8.77. The molecule has 0 amide bonds. The van der Waals surface area contributed by atoms with Crippen LogP contribution in [0.2, 0.25) is 0 Å². The van der Waals surface area contributed by atoms with Crippen molar-refractivity contribution in [1.29, 1.82) is 0 Å². The molecule has 31 heavy (non-hydrogen) atoms. The van der Waals surface area contributed by atoms with E-state index in [0.29, 0.717) is 0 Å². The number of rotatable bonds is 5. The van der Waals surface area contributed by atoms with Crippen LogP contribution in [0.4, 0.5) is 10.9 Å². The zero-order valence-electron chi connectivity index (χ0n) is 18.8. The van der Waals surface area contributed by atoms with Crippen LogP contribution in [0.15, 0.2) is 23.3 Å². The van der Waals surface area contributed by atoms with Gasteiger partial charge in [0, 0.05) is 90.1 Å². The van der Waals surface area contributed by atoms with Crippen molar-refractivity contribution in [2.45, 2.75) is 19.9 Å². The summed E-state index contributed by atoms with van der Waals surface area (Å²) in [4.78, 5) is 23.2. The first-order valence-corrected chi connectivity index (χ1v) is 11.8. The Balaban J connectivity index is 1.26. The van der Waals surface area contributed by atoms with Gasteiger partial charge in [-0.2, -0.15) is 4.37 Å². The van der Waals surface area contributed by atoms with Crippen LogP contribution in [-0.4, -0.2) is 96.6 Å². The number of nitrogens with one attached hydrogen (secondary N) is 1. The van der Waals surface area contributed by atoms with Gasteiger partial charge in [0.15, 0.2) is 5.96 Å². The average Bonchev–Trinajstić information content (AvgIpc) is 3.30. The van der Waals surface area contributed by atoms with Gasteiger partial charge in [0.05, 0.1) is 0 Å². The number of nitrogens with zero attached hydrogens (tertiary/aromatic N) is 8. The molecule has 0 bridgehead atoms. The van der Waals surface area contributed by atoms with Gasteiger partial charge >= 0.3 is 0 Å². The minimum atomic E-state index is 0.721. The minimum Gasteiger partial charge on any atom is -0.354 e. The predicted octanol–water partition coefficient (Wildman–Crippen LogP) is 1.14. The van der Waals surface area contributed by atoms with E-state index in [1.807, 2.05) is 13.2 Å².